The minimum atomic E-state index is -0.412. The molecular weight excluding hydrogens is 168 g/mol. The summed E-state index contributed by atoms with van der Waals surface area (Å²) >= 11 is 0. The molecule has 0 aliphatic carbocycles. The van der Waals surface area contributed by atoms with E-state index in [1.807, 2.05) is 0 Å². The lowest BCUT2D eigenvalue weighted by molar-refractivity contribution is 0.135. The van der Waals surface area contributed by atoms with Crippen LogP contribution in [-0.2, 0) is 11.2 Å². The van der Waals surface area contributed by atoms with E-state index in [4.69, 9.17) is 9.84 Å². The predicted molar refractivity (Wildman–Crippen MR) is 47.6 cm³/mol. The Hall–Kier alpha value is -1.06. The first-order valence-corrected chi connectivity index (χ1v) is 4.33. The highest BCUT2D eigenvalue weighted by Gasteiger charge is 2.30. The number of aromatic hydroxyl groups is 1. The molecule has 0 unspecified atom stereocenters. The Balaban J connectivity index is 1.96. The molecule has 0 bridgehead atoms. The van der Waals surface area contributed by atoms with Crippen molar-refractivity contribution in [1.82, 2.24) is 0 Å². The van der Waals surface area contributed by atoms with E-state index in [2.05, 4.69) is 0 Å². The molecule has 1 aromatic rings. The Bertz CT molecular complexity index is 277. The van der Waals surface area contributed by atoms with Crippen LogP contribution in [0.5, 0.6) is 5.75 Å². The van der Waals surface area contributed by atoms with Gasteiger partial charge in [-0.3, -0.25) is 0 Å². The van der Waals surface area contributed by atoms with Crippen LogP contribution >= 0.6 is 0 Å². The quantitative estimate of drug-likeness (QED) is 0.673. The zero-order valence-corrected chi connectivity index (χ0v) is 7.18. The summed E-state index contributed by atoms with van der Waals surface area (Å²) in [6, 6.07) is 6.85. The zero-order valence-electron chi connectivity index (χ0n) is 7.18. The third-order valence-corrected chi connectivity index (χ3v) is 2.17. The summed E-state index contributed by atoms with van der Waals surface area (Å²) in [6.07, 6.45) is 0.198. The van der Waals surface area contributed by atoms with Crippen molar-refractivity contribution in [2.75, 3.05) is 6.61 Å². The molecule has 0 amide bonds. The number of benzene rings is 1. The highest BCUT2D eigenvalue weighted by atomic mass is 16.6. The van der Waals surface area contributed by atoms with Crippen molar-refractivity contribution in [3.05, 3.63) is 29.8 Å². The lowest BCUT2D eigenvalue weighted by Crippen LogP contribution is -2.17. The van der Waals surface area contributed by atoms with Gasteiger partial charge in [0.1, 0.15) is 11.9 Å². The maximum atomic E-state index is 9.52. The van der Waals surface area contributed by atoms with Gasteiger partial charge in [0.15, 0.2) is 0 Å². The minimum absolute atomic E-state index is 0.0220. The molecule has 2 atom stereocenters. The van der Waals surface area contributed by atoms with E-state index >= 15 is 0 Å². The highest BCUT2D eigenvalue weighted by Crippen LogP contribution is 2.18. The molecule has 13 heavy (non-hydrogen) atoms. The van der Waals surface area contributed by atoms with Crippen LogP contribution in [0.15, 0.2) is 24.3 Å². The Morgan fingerprint density at radius 1 is 1.38 bits per heavy atom. The average Bonchev–Trinajstić information content (AvgIpc) is 2.91. The maximum absolute atomic E-state index is 9.52. The number of epoxide rings is 1. The first-order valence-electron chi connectivity index (χ1n) is 4.33. The van der Waals surface area contributed by atoms with Crippen LogP contribution in [0, 0.1) is 0 Å². The average molecular weight is 180 g/mol. The van der Waals surface area contributed by atoms with E-state index in [0.29, 0.717) is 13.0 Å². The molecule has 1 saturated heterocycles. The first-order chi connectivity index (χ1) is 6.25. The van der Waals surface area contributed by atoms with E-state index in [0.717, 1.165) is 5.56 Å². The van der Waals surface area contributed by atoms with Gasteiger partial charge in [0, 0.05) is 6.42 Å². The molecule has 1 aliphatic rings. The van der Waals surface area contributed by atoms with Crippen molar-refractivity contribution in [3.8, 4) is 5.75 Å². The third kappa shape index (κ3) is 2.20. The monoisotopic (exact) mass is 180 g/mol. The molecular formula is C10H12O3. The lowest BCUT2D eigenvalue weighted by atomic mass is 10.1. The second-order valence-corrected chi connectivity index (χ2v) is 3.31. The molecule has 70 valence electrons. The summed E-state index contributed by atoms with van der Waals surface area (Å²) in [7, 11) is 0. The Labute approximate surface area is 76.6 Å². The van der Waals surface area contributed by atoms with Gasteiger partial charge in [-0.15, -0.1) is 0 Å². The summed E-state index contributed by atoms with van der Waals surface area (Å²) in [6.45, 7) is 0.666. The van der Waals surface area contributed by atoms with Crippen molar-refractivity contribution >= 4 is 0 Å². The number of rotatable bonds is 3. The van der Waals surface area contributed by atoms with Crippen LogP contribution < -0.4 is 0 Å². The van der Waals surface area contributed by atoms with Crippen LogP contribution in [0.4, 0.5) is 0 Å². The number of phenols is 1. The number of phenolic OH excluding ortho intramolecular Hbond substituents is 1. The molecule has 2 rings (SSSR count). The second kappa shape index (κ2) is 3.36. The number of hydrogen-bond donors (Lipinski definition) is 2. The van der Waals surface area contributed by atoms with Gasteiger partial charge in [-0.1, -0.05) is 12.1 Å². The summed E-state index contributed by atoms with van der Waals surface area (Å²) in [5.74, 6) is 0.251. The Kier molecular flexibility index (Phi) is 2.20. The van der Waals surface area contributed by atoms with Crippen LogP contribution in [0.25, 0.3) is 0 Å². The lowest BCUT2D eigenvalue weighted by Gasteiger charge is -2.06. The summed E-state index contributed by atoms with van der Waals surface area (Å²) < 4.78 is 4.97. The second-order valence-electron chi connectivity index (χ2n) is 3.31. The Morgan fingerprint density at radius 2 is 2.00 bits per heavy atom. The highest BCUT2D eigenvalue weighted by molar-refractivity contribution is 5.26. The molecule has 1 aromatic carbocycles. The molecule has 1 aliphatic heterocycles. The number of ether oxygens (including phenoxy) is 1. The number of hydrogen-bond acceptors (Lipinski definition) is 3. The van der Waals surface area contributed by atoms with Crippen molar-refractivity contribution in [2.45, 2.75) is 18.6 Å². The van der Waals surface area contributed by atoms with E-state index in [-0.39, 0.29) is 11.9 Å². The van der Waals surface area contributed by atoms with Crippen molar-refractivity contribution in [2.24, 2.45) is 0 Å². The summed E-state index contributed by atoms with van der Waals surface area (Å²) in [5, 5.41) is 18.5. The van der Waals surface area contributed by atoms with Gasteiger partial charge in [-0.2, -0.15) is 0 Å². The fourth-order valence-electron chi connectivity index (χ4n) is 1.28. The van der Waals surface area contributed by atoms with Gasteiger partial charge in [0.05, 0.1) is 12.7 Å². The van der Waals surface area contributed by atoms with Crippen LogP contribution in [0.2, 0.25) is 0 Å². The summed E-state index contributed by atoms with van der Waals surface area (Å²) in [4.78, 5) is 0. The third-order valence-electron chi connectivity index (χ3n) is 2.17. The van der Waals surface area contributed by atoms with Crippen molar-refractivity contribution in [3.63, 3.8) is 0 Å². The van der Waals surface area contributed by atoms with Gasteiger partial charge in [-0.25, -0.2) is 0 Å². The minimum Gasteiger partial charge on any atom is -0.508 e. The zero-order chi connectivity index (χ0) is 9.26. The normalized spacial score (nSPS) is 22.7. The summed E-state index contributed by atoms with van der Waals surface area (Å²) in [5.41, 5.74) is 1.01. The van der Waals surface area contributed by atoms with Gasteiger partial charge < -0.3 is 14.9 Å². The largest absolute Gasteiger partial charge is 0.508 e. The van der Waals surface area contributed by atoms with Gasteiger partial charge in [-0.05, 0) is 17.7 Å². The van der Waals surface area contributed by atoms with Crippen LogP contribution in [-0.4, -0.2) is 29.0 Å². The van der Waals surface area contributed by atoms with Gasteiger partial charge in [0.25, 0.3) is 0 Å². The van der Waals surface area contributed by atoms with Gasteiger partial charge >= 0.3 is 0 Å². The molecule has 3 nitrogen and oxygen atoms in total. The molecule has 0 radical (unpaired) electrons. The Morgan fingerprint density at radius 3 is 2.54 bits per heavy atom. The van der Waals surface area contributed by atoms with Crippen LogP contribution in [0.3, 0.4) is 0 Å². The fraction of sp³-hybridized carbons (Fsp3) is 0.400. The van der Waals surface area contributed by atoms with Crippen molar-refractivity contribution < 1.29 is 14.9 Å². The number of aliphatic hydroxyl groups is 1. The fourth-order valence-corrected chi connectivity index (χ4v) is 1.28. The van der Waals surface area contributed by atoms with E-state index in [1.165, 1.54) is 0 Å². The molecule has 0 aromatic heterocycles. The molecule has 1 heterocycles. The SMILES string of the molecule is Oc1ccc(C[C@@H](O)[C@@H]2CO2)cc1. The van der Waals surface area contributed by atoms with E-state index in [1.54, 1.807) is 24.3 Å². The molecule has 1 fully saturated rings. The predicted octanol–water partition coefficient (Wildman–Crippen LogP) is 0.694. The smallest absolute Gasteiger partial charge is 0.115 e. The maximum Gasteiger partial charge on any atom is 0.115 e. The van der Waals surface area contributed by atoms with Crippen LogP contribution in [0.1, 0.15) is 5.56 Å². The topological polar surface area (TPSA) is 53.0 Å². The standard InChI is InChI=1S/C10H12O3/c11-8-3-1-7(2-4-8)5-9(12)10-6-13-10/h1-4,9-12H,5-6H2/t9-,10+/m1/s1. The first kappa shape index (κ1) is 8.53. The van der Waals surface area contributed by atoms with E-state index < -0.39 is 6.10 Å². The van der Waals surface area contributed by atoms with Crippen molar-refractivity contribution in [1.29, 1.82) is 0 Å². The molecule has 0 saturated carbocycles. The van der Waals surface area contributed by atoms with E-state index in [9.17, 15) is 5.11 Å². The molecule has 0 spiro atoms. The molecule has 3 heteroatoms. The number of aliphatic hydroxyl groups excluding tert-OH is 1. The van der Waals surface area contributed by atoms with Gasteiger partial charge in [0.2, 0.25) is 0 Å². The molecule has 2 N–H and O–H groups in total.